The van der Waals surface area contributed by atoms with E-state index in [1.807, 2.05) is 6.92 Å². The molecule has 0 amide bonds. The zero-order valence-corrected chi connectivity index (χ0v) is 12.0. The quantitative estimate of drug-likeness (QED) is 0.836. The van der Waals surface area contributed by atoms with Crippen LogP contribution in [0.15, 0.2) is 24.3 Å². The van der Waals surface area contributed by atoms with E-state index in [2.05, 4.69) is 4.72 Å². The Kier molecular flexibility index (Phi) is 4.60. The predicted molar refractivity (Wildman–Crippen MR) is 74.9 cm³/mol. The Bertz CT molecular complexity index is 523. The number of hydrogen-bond donors (Lipinski definition) is 2. The summed E-state index contributed by atoms with van der Waals surface area (Å²) >= 11 is 0. The molecule has 2 rings (SSSR count). The van der Waals surface area contributed by atoms with E-state index in [9.17, 15) is 8.42 Å². The molecule has 106 valence electrons. The van der Waals surface area contributed by atoms with E-state index in [0.717, 1.165) is 18.4 Å². The van der Waals surface area contributed by atoms with Crippen LogP contribution in [0.5, 0.6) is 0 Å². The SMILES string of the molecule is CC(NS(=O)(=O)Cc1cccc(CO)c1)C1CCC1. The molecule has 1 aromatic carbocycles. The highest BCUT2D eigenvalue weighted by atomic mass is 32.2. The first-order valence-corrected chi connectivity index (χ1v) is 8.34. The van der Waals surface area contributed by atoms with Crippen molar-refractivity contribution in [1.82, 2.24) is 4.72 Å². The highest BCUT2D eigenvalue weighted by molar-refractivity contribution is 7.88. The highest BCUT2D eigenvalue weighted by Gasteiger charge is 2.27. The van der Waals surface area contributed by atoms with Crippen molar-refractivity contribution in [3.8, 4) is 0 Å². The molecule has 0 bridgehead atoms. The van der Waals surface area contributed by atoms with Crippen molar-refractivity contribution in [1.29, 1.82) is 0 Å². The third-order valence-electron chi connectivity index (χ3n) is 3.75. The van der Waals surface area contributed by atoms with Crippen LogP contribution in [0.2, 0.25) is 0 Å². The minimum atomic E-state index is -3.31. The molecule has 2 N–H and O–H groups in total. The maximum atomic E-state index is 12.1. The standard InChI is InChI=1S/C14H21NO3S/c1-11(14-6-3-7-14)15-19(17,18)10-13-5-2-4-12(8-13)9-16/h2,4-5,8,11,14-16H,3,6-7,9-10H2,1H3. The summed E-state index contributed by atoms with van der Waals surface area (Å²) in [5.41, 5.74) is 1.44. The van der Waals surface area contributed by atoms with Gasteiger partial charge in [0.25, 0.3) is 0 Å². The highest BCUT2D eigenvalue weighted by Crippen LogP contribution is 2.29. The van der Waals surface area contributed by atoms with Crippen LogP contribution in [-0.2, 0) is 22.4 Å². The molecule has 1 unspecified atom stereocenters. The number of rotatable bonds is 6. The fraction of sp³-hybridized carbons (Fsp3) is 0.571. The second kappa shape index (κ2) is 6.03. The normalized spacial score (nSPS) is 18.0. The molecule has 1 saturated carbocycles. The molecule has 1 aromatic rings. The summed E-state index contributed by atoms with van der Waals surface area (Å²) < 4.78 is 26.9. The van der Waals surface area contributed by atoms with Crippen molar-refractivity contribution in [3.05, 3.63) is 35.4 Å². The maximum absolute atomic E-state index is 12.1. The fourth-order valence-corrected chi connectivity index (χ4v) is 3.86. The Balaban J connectivity index is 1.99. The summed E-state index contributed by atoms with van der Waals surface area (Å²) in [6.07, 6.45) is 3.43. The molecular weight excluding hydrogens is 262 g/mol. The second-order valence-electron chi connectivity index (χ2n) is 5.33. The molecule has 1 aliphatic carbocycles. The van der Waals surface area contributed by atoms with Crippen LogP contribution in [0.4, 0.5) is 0 Å². The number of aliphatic hydroxyl groups is 1. The largest absolute Gasteiger partial charge is 0.392 e. The van der Waals surface area contributed by atoms with Crippen LogP contribution in [0.25, 0.3) is 0 Å². The van der Waals surface area contributed by atoms with Crippen molar-refractivity contribution in [2.24, 2.45) is 5.92 Å². The minimum absolute atomic E-state index is 0.0137. The Labute approximate surface area is 114 Å². The van der Waals surface area contributed by atoms with Gasteiger partial charge in [0.1, 0.15) is 0 Å². The summed E-state index contributed by atoms with van der Waals surface area (Å²) in [6, 6.07) is 7.06. The fourth-order valence-electron chi connectivity index (χ4n) is 2.40. The second-order valence-corrected chi connectivity index (χ2v) is 7.09. The lowest BCUT2D eigenvalue weighted by Crippen LogP contribution is -2.41. The number of nitrogens with one attached hydrogen (secondary N) is 1. The first-order valence-electron chi connectivity index (χ1n) is 6.69. The molecule has 19 heavy (non-hydrogen) atoms. The van der Waals surface area contributed by atoms with Gasteiger partial charge in [0.05, 0.1) is 12.4 Å². The molecule has 0 saturated heterocycles. The van der Waals surface area contributed by atoms with Gasteiger partial charge in [-0.05, 0) is 36.8 Å². The van der Waals surface area contributed by atoms with Crippen molar-refractivity contribution in [3.63, 3.8) is 0 Å². The molecule has 0 aliphatic heterocycles. The molecular formula is C14H21NO3S. The van der Waals surface area contributed by atoms with E-state index in [-0.39, 0.29) is 18.4 Å². The summed E-state index contributed by atoms with van der Waals surface area (Å²) in [6.45, 7) is 1.87. The molecule has 0 heterocycles. The van der Waals surface area contributed by atoms with Gasteiger partial charge in [0.15, 0.2) is 0 Å². The van der Waals surface area contributed by atoms with Crippen molar-refractivity contribution in [2.45, 2.75) is 44.6 Å². The van der Waals surface area contributed by atoms with Crippen molar-refractivity contribution in [2.75, 3.05) is 0 Å². The lowest BCUT2D eigenvalue weighted by Gasteiger charge is -2.31. The van der Waals surface area contributed by atoms with E-state index < -0.39 is 10.0 Å². The van der Waals surface area contributed by atoms with Crippen molar-refractivity contribution < 1.29 is 13.5 Å². The van der Waals surface area contributed by atoms with Gasteiger partial charge in [0.2, 0.25) is 10.0 Å². The van der Waals surface area contributed by atoms with E-state index >= 15 is 0 Å². The predicted octanol–water partition coefficient (Wildman–Crippen LogP) is 1.79. The summed E-state index contributed by atoms with van der Waals surface area (Å²) in [5, 5.41) is 9.05. The monoisotopic (exact) mass is 283 g/mol. The smallest absolute Gasteiger partial charge is 0.216 e. The summed E-state index contributed by atoms with van der Waals surface area (Å²) in [7, 11) is -3.31. The summed E-state index contributed by atoms with van der Waals surface area (Å²) in [5.74, 6) is 0.455. The van der Waals surface area contributed by atoms with E-state index in [4.69, 9.17) is 5.11 Å². The average Bonchev–Trinajstić information content (AvgIpc) is 2.25. The lowest BCUT2D eigenvalue weighted by molar-refractivity contribution is 0.260. The van der Waals surface area contributed by atoms with Gasteiger partial charge in [-0.2, -0.15) is 0 Å². The van der Waals surface area contributed by atoms with E-state index in [0.29, 0.717) is 11.5 Å². The Morgan fingerprint density at radius 2 is 2.05 bits per heavy atom. The molecule has 1 atom stereocenters. The molecule has 0 radical (unpaired) electrons. The maximum Gasteiger partial charge on any atom is 0.216 e. The molecule has 1 fully saturated rings. The van der Waals surface area contributed by atoms with Crippen LogP contribution in [0, 0.1) is 5.92 Å². The zero-order chi connectivity index (χ0) is 13.9. The Hall–Kier alpha value is -0.910. The van der Waals surface area contributed by atoms with Gasteiger partial charge in [-0.25, -0.2) is 13.1 Å². The van der Waals surface area contributed by atoms with E-state index in [1.165, 1.54) is 6.42 Å². The van der Waals surface area contributed by atoms with Gasteiger partial charge in [-0.3, -0.25) is 0 Å². The molecule has 0 spiro atoms. The van der Waals surface area contributed by atoms with Gasteiger partial charge in [-0.15, -0.1) is 0 Å². The lowest BCUT2D eigenvalue weighted by atomic mass is 9.81. The van der Waals surface area contributed by atoms with Crippen LogP contribution >= 0.6 is 0 Å². The molecule has 4 nitrogen and oxygen atoms in total. The summed E-state index contributed by atoms with van der Waals surface area (Å²) in [4.78, 5) is 0. The first kappa shape index (κ1) is 14.5. The van der Waals surface area contributed by atoms with Gasteiger partial charge in [-0.1, -0.05) is 30.7 Å². The third-order valence-corrected chi connectivity index (χ3v) is 5.20. The molecule has 1 aliphatic rings. The number of sulfonamides is 1. The first-order chi connectivity index (χ1) is 9.00. The average molecular weight is 283 g/mol. The van der Waals surface area contributed by atoms with Gasteiger partial charge >= 0.3 is 0 Å². The molecule has 5 heteroatoms. The third kappa shape index (κ3) is 4.03. The van der Waals surface area contributed by atoms with E-state index in [1.54, 1.807) is 24.3 Å². The minimum Gasteiger partial charge on any atom is -0.392 e. The van der Waals surface area contributed by atoms with Crippen LogP contribution < -0.4 is 4.72 Å². The number of aliphatic hydroxyl groups excluding tert-OH is 1. The van der Waals surface area contributed by atoms with Crippen molar-refractivity contribution >= 4 is 10.0 Å². The van der Waals surface area contributed by atoms with Crippen LogP contribution in [-0.4, -0.2) is 19.6 Å². The zero-order valence-electron chi connectivity index (χ0n) is 11.2. The van der Waals surface area contributed by atoms with Crippen LogP contribution in [0.3, 0.4) is 0 Å². The molecule has 0 aromatic heterocycles. The van der Waals surface area contributed by atoms with Gasteiger partial charge < -0.3 is 5.11 Å². The topological polar surface area (TPSA) is 66.4 Å². The van der Waals surface area contributed by atoms with Gasteiger partial charge in [0, 0.05) is 6.04 Å². The number of benzene rings is 1. The van der Waals surface area contributed by atoms with Crippen LogP contribution in [0.1, 0.15) is 37.3 Å². The Morgan fingerprint density at radius 1 is 1.37 bits per heavy atom. The Morgan fingerprint density at radius 3 is 2.63 bits per heavy atom. The number of hydrogen-bond acceptors (Lipinski definition) is 3.